The molecule has 0 spiro atoms. The lowest BCUT2D eigenvalue weighted by Gasteiger charge is -2.13. The first kappa shape index (κ1) is 24.7. The number of ether oxygens (including phenoxy) is 3. The average Bonchev–Trinajstić information content (AvgIpc) is 3.40. The summed E-state index contributed by atoms with van der Waals surface area (Å²) in [4.78, 5) is 18.6. The number of benzene rings is 2. The zero-order valence-electron chi connectivity index (χ0n) is 21.7. The lowest BCUT2D eigenvalue weighted by molar-refractivity contribution is -0.141. The van der Waals surface area contributed by atoms with Gasteiger partial charge in [0, 0.05) is 21.6 Å². The molecule has 1 aliphatic heterocycles. The first-order valence-corrected chi connectivity index (χ1v) is 12.7. The van der Waals surface area contributed by atoms with Crippen LogP contribution < -0.4 is 9.47 Å². The number of nitrogens with zero attached hydrogens (tertiary/aromatic N) is 4. The molecule has 37 heavy (non-hydrogen) atoms. The predicted octanol–water partition coefficient (Wildman–Crippen LogP) is 5.39. The predicted molar refractivity (Wildman–Crippen MR) is 143 cm³/mol. The van der Waals surface area contributed by atoms with Gasteiger partial charge in [0.15, 0.2) is 5.82 Å². The Bertz CT molecular complexity index is 1520. The van der Waals surface area contributed by atoms with E-state index >= 15 is 0 Å². The summed E-state index contributed by atoms with van der Waals surface area (Å²) >= 11 is 1.68. The highest BCUT2D eigenvalue weighted by molar-refractivity contribution is 7.15. The van der Waals surface area contributed by atoms with Crippen LogP contribution in [-0.2, 0) is 9.53 Å². The quantitative estimate of drug-likeness (QED) is 0.319. The molecule has 190 valence electrons. The van der Waals surface area contributed by atoms with Crippen LogP contribution in [0.2, 0.25) is 0 Å². The molecule has 0 fully saturated rings. The molecule has 2 aromatic carbocycles. The van der Waals surface area contributed by atoms with Crippen molar-refractivity contribution in [3.05, 3.63) is 75.7 Å². The summed E-state index contributed by atoms with van der Waals surface area (Å²) in [5.41, 5.74) is 5.87. The van der Waals surface area contributed by atoms with E-state index in [0.29, 0.717) is 5.82 Å². The molecule has 9 heteroatoms. The molecule has 0 saturated heterocycles. The first-order valence-electron chi connectivity index (χ1n) is 11.9. The van der Waals surface area contributed by atoms with Crippen LogP contribution >= 0.6 is 11.3 Å². The lowest BCUT2D eigenvalue weighted by atomic mass is 9.96. The van der Waals surface area contributed by atoms with Crippen molar-refractivity contribution in [3.8, 4) is 27.6 Å². The standard InChI is InChI=1S/C28H28N4O4S/c1-15-16(2)37-28-25(15)26(29-22(14-24(33)36-6)27-31-30-17(3)32(27)28)19-9-7-18(8-10-19)21-13-20(34-4)11-12-23(21)35-5/h7-13,22H,14H2,1-6H3/t22-/m0/s1. The Morgan fingerprint density at radius 3 is 2.38 bits per heavy atom. The summed E-state index contributed by atoms with van der Waals surface area (Å²) in [5, 5.41) is 9.74. The maximum Gasteiger partial charge on any atom is 0.308 e. The monoisotopic (exact) mass is 516 g/mol. The maximum atomic E-state index is 12.3. The van der Waals surface area contributed by atoms with Crippen LogP contribution in [0.1, 0.15) is 45.7 Å². The number of rotatable bonds is 6. The summed E-state index contributed by atoms with van der Waals surface area (Å²) in [6.45, 7) is 6.13. The molecule has 0 saturated carbocycles. The minimum atomic E-state index is -0.527. The Morgan fingerprint density at radius 2 is 1.70 bits per heavy atom. The van der Waals surface area contributed by atoms with Gasteiger partial charge in [0.2, 0.25) is 0 Å². The number of aromatic nitrogens is 3. The third kappa shape index (κ3) is 4.29. The summed E-state index contributed by atoms with van der Waals surface area (Å²) in [5.74, 6) is 2.56. The van der Waals surface area contributed by atoms with Crippen molar-refractivity contribution in [1.29, 1.82) is 0 Å². The largest absolute Gasteiger partial charge is 0.497 e. The van der Waals surface area contributed by atoms with Gasteiger partial charge in [-0.15, -0.1) is 21.5 Å². The lowest BCUT2D eigenvalue weighted by Crippen LogP contribution is -2.12. The van der Waals surface area contributed by atoms with Crippen molar-refractivity contribution in [2.45, 2.75) is 33.2 Å². The first-order chi connectivity index (χ1) is 17.9. The minimum Gasteiger partial charge on any atom is -0.497 e. The Morgan fingerprint density at radius 1 is 0.973 bits per heavy atom. The van der Waals surface area contributed by atoms with Crippen LogP contribution in [0.5, 0.6) is 11.5 Å². The molecular formula is C28H28N4O4S. The van der Waals surface area contributed by atoms with Gasteiger partial charge in [-0.1, -0.05) is 24.3 Å². The topological polar surface area (TPSA) is 87.8 Å². The number of aryl methyl sites for hydroxylation is 2. The second kappa shape index (κ2) is 9.82. The number of fused-ring (bicyclic) bond motifs is 3. The van der Waals surface area contributed by atoms with Crippen LogP contribution in [0, 0.1) is 20.8 Å². The van der Waals surface area contributed by atoms with Crippen LogP contribution in [0.4, 0.5) is 0 Å². The van der Waals surface area contributed by atoms with E-state index in [1.54, 1.807) is 25.6 Å². The summed E-state index contributed by atoms with van der Waals surface area (Å²) in [7, 11) is 4.69. The Balaban J connectivity index is 1.66. The number of carbonyl (C=O) groups excluding carboxylic acids is 1. The van der Waals surface area contributed by atoms with Crippen molar-refractivity contribution in [3.63, 3.8) is 0 Å². The van der Waals surface area contributed by atoms with E-state index < -0.39 is 6.04 Å². The van der Waals surface area contributed by atoms with Crippen molar-refractivity contribution in [2.24, 2.45) is 4.99 Å². The van der Waals surface area contributed by atoms with E-state index in [1.165, 1.54) is 12.0 Å². The zero-order valence-corrected chi connectivity index (χ0v) is 22.5. The summed E-state index contributed by atoms with van der Waals surface area (Å²) < 4.78 is 18.0. The van der Waals surface area contributed by atoms with Gasteiger partial charge >= 0.3 is 5.97 Å². The molecule has 1 aliphatic rings. The SMILES string of the molecule is COC(=O)C[C@@H]1N=C(c2ccc(-c3cc(OC)ccc3OC)cc2)c2c(sc(C)c2C)-n2c(C)nnc21. The van der Waals surface area contributed by atoms with Gasteiger partial charge in [-0.3, -0.25) is 14.4 Å². The molecule has 0 unspecified atom stereocenters. The van der Waals surface area contributed by atoms with Crippen molar-refractivity contribution >= 4 is 23.0 Å². The van der Waals surface area contributed by atoms with Crippen molar-refractivity contribution in [1.82, 2.24) is 14.8 Å². The third-order valence-corrected chi connectivity index (χ3v) is 7.90. The Hall–Kier alpha value is -3.98. The van der Waals surface area contributed by atoms with E-state index in [1.807, 2.05) is 29.7 Å². The second-order valence-corrected chi connectivity index (χ2v) is 10.0. The molecule has 0 amide bonds. The Kier molecular flexibility index (Phi) is 6.55. The van der Waals surface area contributed by atoms with Gasteiger partial charge in [0.05, 0.1) is 33.5 Å². The van der Waals surface area contributed by atoms with Crippen LogP contribution in [-0.4, -0.2) is 47.8 Å². The molecule has 0 radical (unpaired) electrons. The number of carbonyl (C=O) groups is 1. The minimum absolute atomic E-state index is 0.0736. The summed E-state index contributed by atoms with van der Waals surface area (Å²) in [6, 6.07) is 13.4. The smallest absolute Gasteiger partial charge is 0.308 e. The van der Waals surface area contributed by atoms with E-state index in [9.17, 15) is 4.79 Å². The van der Waals surface area contributed by atoms with E-state index in [4.69, 9.17) is 19.2 Å². The van der Waals surface area contributed by atoms with Crippen LogP contribution in [0.3, 0.4) is 0 Å². The van der Waals surface area contributed by atoms with Gasteiger partial charge in [-0.25, -0.2) is 0 Å². The molecule has 0 bridgehead atoms. The van der Waals surface area contributed by atoms with E-state index in [2.05, 4.69) is 48.3 Å². The summed E-state index contributed by atoms with van der Waals surface area (Å²) in [6.07, 6.45) is 0.0736. The molecule has 0 N–H and O–H groups in total. The molecule has 1 atom stereocenters. The average molecular weight is 517 g/mol. The maximum absolute atomic E-state index is 12.3. The highest BCUT2D eigenvalue weighted by atomic mass is 32.1. The number of hydrogen-bond acceptors (Lipinski definition) is 8. The number of esters is 1. The molecule has 3 heterocycles. The van der Waals surface area contributed by atoms with E-state index in [0.717, 1.165) is 55.9 Å². The Labute approximate surface area is 219 Å². The third-order valence-electron chi connectivity index (χ3n) is 6.70. The van der Waals surface area contributed by atoms with Crippen LogP contribution in [0.15, 0.2) is 47.5 Å². The number of thiophene rings is 1. The van der Waals surface area contributed by atoms with Gasteiger partial charge in [0.1, 0.15) is 28.4 Å². The molecule has 2 aromatic heterocycles. The number of hydrogen-bond donors (Lipinski definition) is 0. The zero-order chi connectivity index (χ0) is 26.3. The molecule has 8 nitrogen and oxygen atoms in total. The van der Waals surface area contributed by atoms with Crippen LogP contribution in [0.25, 0.3) is 16.1 Å². The fourth-order valence-electron chi connectivity index (χ4n) is 4.61. The molecule has 0 aliphatic carbocycles. The molecular weight excluding hydrogens is 488 g/mol. The second-order valence-electron chi connectivity index (χ2n) is 8.82. The van der Waals surface area contributed by atoms with Gasteiger partial charge in [-0.05, 0) is 50.1 Å². The van der Waals surface area contributed by atoms with Gasteiger partial charge in [0.25, 0.3) is 0 Å². The van der Waals surface area contributed by atoms with Gasteiger partial charge in [-0.2, -0.15) is 0 Å². The highest BCUT2D eigenvalue weighted by Crippen LogP contribution is 2.40. The van der Waals surface area contributed by atoms with Gasteiger partial charge < -0.3 is 14.2 Å². The number of methoxy groups -OCH3 is 3. The van der Waals surface area contributed by atoms with Crippen molar-refractivity contribution < 1.29 is 19.0 Å². The normalized spacial score (nSPS) is 14.3. The molecule has 4 aromatic rings. The highest BCUT2D eigenvalue weighted by Gasteiger charge is 2.32. The molecule has 5 rings (SSSR count). The fraction of sp³-hybridized carbons (Fsp3) is 0.286. The number of aliphatic imine (C=N–C) groups is 1. The fourth-order valence-corrected chi connectivity index (χ4v) is 5.83. The van der Waals surface area contributed by atoms with Crippen molar-refractivity contribution in [2.75, 3.05) is 21.3 Å². The van der Waals surface area contributed by atoms with E-state index in [-0.39, 0.29) is 12.4 Å².